The summed E-state index contributed by atoms with van der Waals surface area (Å²) in [5.74, 6) is 0. The molecule has 0 aromatic carbocycles. The topological polar surface area (TPSA) is 35.5 Å². The van der Waals surface area contributed by atoms with Gasteiger partial charge in [0, 0.05) is 25.7 Å². The Morgan fingerprint density at radius 1 is 1.20 bits per heavy atom. The van der Waals surface area contributed by atoms with Crippen molar-refractivity contribution >= 4 is 0 Å². The molecule has 0 aromatic rings. The van der Waals surface area contributed by atoms with Crippen LogP contribution in [0.2, 0.25) is 0 Å². The minimum absolute atomic E-state index is 0.294. The van der Waals surface area contributed by atoms with Gasteiger partial charge in [-0.25, -0.2) is 0 Å². The van der Waals surface area contributed by atoms with Crippen molar-refractivity contribution in [2.45, 2.75) is 45.1 Å². The molecule has 90 valence electrons. The second kappa shape index (κ2) is 8.08. The van der Waals surface area contributed by atoms with Gasteiger partial charge in [0.1, 0.15) is 0 Å². The smallest absolute Gasteiger partial charge is 0.0558 e. The predicted octanol–water partition coefficient (Wildman–Crippen LogP) is 1.22. The van der Waals surface area contributed by atoms with Gasteiger partial charge in [-0.15, -0.1) is 0 Å². The Kier molecular flexibility index (Phi) is 6.98. The van der Waals surface area contributed by atoms with Crippen molar-refractivity contribution in [2.24, 2.45) is 0 Å². The molecule has 0 unspecified atom stereocenters. The van der Waals surface area contributed by atoms with E-state index < -0.39 is 0 Å². The van der Waals surface area contributed by atoms with Gasteiger partial charge >= 0.3 is 0 Å². The van der Waals surface area contributed by atoms with Gasteiger partial charge in [-0.2, -0.15) is 0 Å². The lowest BCUT2D eigenvalue weighted by Gasteiger charge is -2.33. The lowest BCUT2D eigenvalue weighted by Crippen LogP contribution is -2.42. The van der Waals surface area contributed by atoms with Crippen LogP contribution in [0.25, 0.3) is 0 Å². The number of likely N-dealkylation sites (N-methyl/N-ethyl adjacent to an activating group) is 1. The highest BCUT2D eigenvalue weighted by Crippen LogP contribution is 2.21. The Labute approximate surface area is 93.9 Å². The van der Waals surface area contributed by atoms with E-state index in [4.69, 9.17) is 5.11 Å². The number of hydrogen-bond donors (Lipinski definition) is 2. The highest BCUT2D eigenvalue weighted by Gasteiger charge is 2.19. The van der Waals surface area contributed by atoms with Gasteiger partial charge in [0.15, 0.2) is 0 Å². The monoisotopic (exact) mass is 214 g/mol. The molecule has 0 radical (unpaired) electrons. The number of rotatable bonds is 7. The average molecular weight is 214 g/mol. The van der Waals surface area contributed by atoms with Crippen molar-refractivity contribution in [3.8, 4) is 0 Å². The number of aliphatic hydroxyl groups excluding tert-OH is 1. The summed E-state index contributed by atoms with van der Waals surface area (Å²) in [5.41, 5.74) is 0. The second-order valence-corrected chi connectivity index (χ2v) is 4.40. The number of nitrogens with one attached hydrogen (secondary N) is 1. The molecule has 1 fully saturated rings. The highest BCUT2D eigenvalue weighted by molar-refractivity contribution is 4.76. The molecule has 0 spiro atoms. The summed E-state index contributed by atoms with van der Waals surface area (Å²) < 4.78 is 0. The maximum atomic E-state index is 9.06. The molecule has 1 rings (SSSR count). The quantitative estimate of drug-likeness (QED) is 0.626. The van der Waals surface area contributed by atoms with Gasteiger partial charge in [0.05, 0.1) is 6.61 Å². The van der Waals surface area contributed by atoms with Gasteiger partial charge in [-0.05, 0) is 19.4 Å². The molecule has 0 amide bonds. The van der Waals surface area contributed by atoms with Crippen LogP contribution in [-0.4, -0.2) is 48.8 Å². The zero-order valence-electron chi connectivity index (χ0n) is 10.0. The third-order valence-electron chi connectivity index (χ3n) is 3.30. The van der Waals surface area contributed by atoms with Crippen molar-refractivity contribution in [2.75, 3.05) is 32.8 Å². The van der Waals surface area contributed by atoms with Crippen molar-refractivity contribution in [1.82, 2.24) is 10.2 Å². The molecule has 0 aliphatic heterocycles. The lowest BCUT2D eigenvalue weighted by atomic mass is 9.94. The number of nitrogens with zero attached hydrogens (tertiary/aromatic N) is 1. The van der Waals surface area contributed by atoms with Gasteiger partial charge in [0.25, 0.3) is 0 Å². The molecule has 0 atom stereocenters. The van der Waals surface area contributed by atoms with E-state index in [0.29, 0.717) is 6.61 Å². The summed E-state index contributed by atoms with van der Waals surface area (Å²) in [6.45, 7) is 6.44. The van der Waals surface area contributed by atoms with Crippen LogP contribution in [0.1, 0.15) is 39.0 Å². The zero-order valence-corrected chi connectivity index (χ0v) is 10.0. The fraction of sp³-hybridized carbons (Fsp3) is 1.00. The molecule has 0 bridgehead atoms. The average Bonchev–Trinajstić information content (AvgIpc) is 2.29. The summed E-state index contributed by atoms with van der Waals surface area (Å²) in [6, 6.07) is 0.726. The molecule has 3 nitrogen and oxygen atoms in total. The van der Waals surface area contributed by atoms with E-state index in [1.165, 1.54) is 32.1 Å². The van der Waals surface area contributed by atoms with E-state index in [-0.39, 0.29) is 0 Å². The summed E-state index contributed by atoms with van der Waals surface area (Å²) in [6.07, 6.45) is 6.79. The van der Waals surface area contributed by atoms with Crippen molar-refractivity contribution in [3.63, 3.8) is 0 Å². The first-order chi connectivity index (χ1) is 7.38. The first-order valence-electron chi connectivity index (χ1n) is 6.44. The number of hydrogen-bond acceptors (Lipinski definition) is 3. The standard InChI is InChI=1S/C12H26N2O/c1-2-13-8-9-14(10-11-15)12-6-4-3-5-7-12/h12-13,15H,2-11H2,1H3. The normalized spacial score (nSPS) is 18.6. The van der Waals surface area contributed by atoms with Crippen LogP contribution in [0.3, 0.4) is 0 Å². The summed E-state index contributed by atoms with van der Waals surface area (Å²) in [5, 5.41) is 12.4. The minimum Gasteiger partial charge on any atom is -0.395 e. The van der Waals surface area contributed by atoms with Crippen LogP contribution in [0.5, 0.6) is 0 Å². The Balaban J connectivity index is 2.26. The van der Waals surface area contributed by atoms with E-state index in [9.17, 15) is 0 Å². The largest absolute Gasteiger partial charge is 0.395 e. The molecular weight excluding hydrogens is 188 g/mol. The van der Waals surface area contributed by atoms with Crippen molar-refractivity contribution < 1.29 is 5.11 Å². The Morgan fingerprint density at radius 3 is 2.53 bits per heavy atom. The first-order valence-corrected chi connectivity index (χ1v) is 6.44. The lowest BCUT2D eigenvalue weighted by molar-refractivity contribution is 0.125. The highest BCUT2D eigenvalue weighted by atomic mass is 16.3. The van der Waals surface area contributed by atoms with E-state index >= 15 is 0 Å². The fourth-order valence-electron chi connectivity index (χ4n) is 2.45. The molecule has 0 aromatic heterocycles. The summed E-state index contributed by atoms with van der Waals surface area (Å²) in [4.78, 5) is 2.46. The van der Waals surface area contributed by atoms with E-state index in [2.05, 4.69) is 17.1 Å². The van der Waals surface area contributed by atoms with Crippen LogP contribution in [0.4, 0.5) is 0 Å². The Bertz CT molecular complexity index is 147. The van der Waals surface area contributed by atoms with Crippen LogP contribution < -0.4 is 5.32 Å². The Morgan fingerprint density at radius 2 is 1.93 bits per heavy atom. The van der Waals surface area contributed by atoms with Crippen LogP contribution in [0.15, 0.2) is 0 Å². The van der Waals surface area contributed by atoms with E-state index in [0.717, 1.165) is 32.2 Å². The van der Waals surface area contributed by atoms with Gasteiger partial charge in [0.2, 0.25) is 0 Å². The minimum atomic E-state index is 0.294. The predicted molar refractivity (Wildman–Crippen MR) is 64.1 cm³/mol. The number of aliphatic hydroxyl groups is 1. The van der Waals surface area contributed by atoms with Gasteiger partial charge in [-0.3, -0.25) is 4.90 Å². The van der Waals surface area contributed by atoms with Gasteiger partial charge < -0.3 is 10.4 Å². The Hall–Kier alpha value is -0.120. The third kappa shape index (κ3) is 4.96. The van der Waals surface area contributed by atoms with Crippen LogP contribution in [-0.2, 0) is 0 Å². The van der Waals surface area contributed by atoms with E-state index in [1.807, 2.05) is 0 Å². The molecule has 0 heterocycles. The molecule has 15 heavy (non-hydrogen) atoms. The molecule has 1 aliphatic carbocycles. The summed E-state index contributed by atoms with van der Waals surface area (Å²) in [7, 11) is 0. The summed E-state index contributed by atoms with van der Waals surface area (Å²) >= 11 is 0. The van der Waals surface area contributed by atoms with E-state index in [1.54, 1.807) is 0 Å². The zero-order chi connectivity index (χ0) is 10.9. The third-order valence-corrected chi connectivity index (χ3v) is 3.30. The van der Waals surface area contributed by atoms with Crippen molar-refractivity contribution in [1.29, 1.82) is 0 Å². The van der Waals surface area contributed by atoms with Crippen LogP contribution >= 0.6 is 0 Å². The second-order valence-electron chi connectivity index (χ2n) is 4.40. The molecule has 1 saturated carbocycles. The maximum absolute atomic E-state index is 9.06. The maximum Gasteiger partial charge on any atom is 0.0558 e. The van der Waals surface area contributed by atoms with Crippen molar-refractivity contribution in [3.05, 3.63) is 0 Å². The molecular formula is C12H26N2O. The SMILES string of the molecule is CCNCCN(CCO)C1CCCCC1. The van der Waals surface area contributed by atoms with Gasteiger partial charge in [-0.1, -0.05) is 26.2 Å². The fourth-order valence-corrected chi connectivity index (χ4v) is 2.45. The molecule has 3 heteroatoms. The van der Waals surface area contributed by atoms with Crippen LogP contribution in [0, 0.1) is 0 Å². The first kappa shape index (κ1) is 12.9. The molecule has 2 N–H and O–H groups in total. The molecule has 1 aliphatic rings. The molecule has 0 saturated heterocycles.